The van der Waals surface area contributed by atoms with Crippen LogP contribution in [0.2, 0.25) is 0 Å². The third-order valence-electron chi connectivity index (χ3n) is 6.33. The van der Waals surface area contributed by atoms with E-state index in [0.717, 1.165) is 16.6 Å². The molecular weight excluding hydrogens is 466 g/mol. The number of imide groups is 1. The molecule has 2 aliphatic heterocycles. The molecule has 13 nitrogen and oxygen atoms in total. The van der Waals surface area contributed by atoms with Crippen LogP contribution in [-0.4, -0.2) is 64.7 Å². The number of aromatic nitrogens is 6. The zero-order valence-corrected chi connectivity index (χ0v) is 18.8. The molecule has 0 spiro atoms. The first-order valence-electron chi connectivity index (χ1n) is 11.2. The number of carbonyl (C=O) groups excluding carboxylic acids is 4. The van der Waals surface area contributed by atoms with E-state index in [-0.39, 0.29) is 37.0 Å². The highest BCUT2D eigenvalue weighted by Crippen LogP contribution is 2.29. The Kier molecular flexibility index (Phi) is 5.02. The molecule has 1 aromatic carbocycles. The molecule has 13 heteroatoms. The molecule has 5 heterocycles. The molecule has 4 aromatic rings. The number of hydrogen-bond acceptors (Lipinski definition) is 8. The maximum atomic E-state index is 12.9. The Morgan fingerprint density at radius 3 is 2.94 bits per heavy atom. The molecule has 1 unspecified atom stereocenters. The first kappa shape index (κ1) is 21.6. The number of H-pyrrole nitrogens is 1. The number of fused-ring (bicyclic) bond motifs is 2. The molecule has 3 aromatic heterocycles. The van der Waals surface area contributed by atoms with Crippen LogP contribution in [0.1, 0.15) is 44.9 Å². The molecule has 0 saturated carbocycles. The van der Waals surface area contributed by atoms with Gasteiger partial charge >= 0.3 is 0 Å². The minimum Gasteiger partial charge on any atom is -0.345 e. The van der Waals surface area contributed by atoms with E-state index < -0.39 is 17.9 Å². The second kappa shape index (κ2) is 8.37. The lowest BCUT2D eigenvalue weighted by molar-refractivity contribution is -0.136. The van der Waals surface area contributed by atoms with Crippen molar-refractivity contribution in [1.29, 1.82) is 0 Å². The standard InChI is InChI=1S/C23H19N9O4/c33-19-6-5-18(22(35)26-19)31-10-12-8-13(3-4-14(12)23(31)36)32-11-17(28-30-32)21(34)25-9-16-15-2-1-7-24-20(15)29-27-16/h1-4,7-8,11,18H,5-6,9-10H2,(H,25,34)(H,24,27,29)(H,26,33,35). The second-order valence-corrected chi connectivity index (χ2v) is 8.55. The normalized spacial score (nSPS) is 17.4. The molecule has 2 aliphatic rings. The van der Waals surface area contributed by atoms with Gasteiger partial charge in [-0.1, -0.05) is 5.21 Å². The lowest BCUT2D eigenvalue weighted by Crippen LogP contribution is -2.52. The van der Waals surface area contributed by atoms with Gasteiger partial charge < -0.3 is 10.2 Å². The Balaban J connectivity index is 1.16. The fraction of sp³-hybridized carbons (Fsp3) is 0.217. The predicted molar refractivity (Wildman–Crippen MR) is 122 cm³/mol. The van der Waals surface area contributed by atoms with Crippen LogP contribution in [0.5, 0.6) is 0 Å². The van der Waals surface area contributed by atoms with Crippen molar-refractivity contribution in [2.45, 2.75) is 32.0 Å². The maximum absolute atomic E-state index is 12.9. The van der Waals surface area contributed by atoms with Gasteiger partial charge in [-0.3, -0.25) is 29.6 Å². The number of benzene rings is 1. The molecule has 3 N–H and O–H groups in total. The molecule has 0 bridgehead atoms. The second-order valence-electron chi connectivity index (χ2n) is 8.55. The molecule has 0 aliphatic carbocycles. The van der Waals surface area contributed by atoms with Crippen molar-refractivity contribution < 1.29 is 19.2 Å². The number of carbonyl (C=O) groups is 4. The van der Waals surface area contributed by atoms with Crippen molar-refractivity contribution in [1.82, 2.24) is 45.7 Å². The van der Waals surface area contributed by atoms with E-state index in [1.54, 1.807) is 30.5 Å². The largest absolute Gasteiger partial charge is 0.345 e. The van der Waals surface area contributed by atoms with Gasteiger partial charge in [-0.2, -0.15) is 5.10 Å². The monoisotopic (exact) mass is 485 g/mol. The number of rotatable bonds is 5. The van der Waals surface area contributed by atoms with Gasteiger partial charge in [0.2, 0.25) is 11.8 Å². The molecule has 1 fully saturated rings. The fourth-order valence-corrected chi connectivity index (χ4v) is 4.49. The van der Waals surface area contributed by atoms with Crippen LogP contribution < -0.4 is 10.6 Å². The summed E-state index contributed by atoms with van der Waals surface area (Å²) in [7, 11) is 0. The van der Waals surface area contributed by atoms with Crippen molar-refractivity contribution in [2.24, 2.45) is 0 Å². The van der Waals surface area contributed by atoms with E-state index in [0.29, 0.717) is 23.3 Å². The molecule has 6 rings (SSSR count). The molecule has 1 saturated heterocycles. The van der Waals surface area contributed by atoms with E-state index in [4.69, 9.17) is 0 Å². The smallest absolute Gasteiger partial charge is 0.273 e. The van der Waals surface area contributed by atoms with Crippen LogP contribution in [0.4, 0.5) is 0 Å². The molecule has 36 heavy (non-hydrogen) atoms. The van der Waals surface area contributed by atoms with Gasteiger partial charge in [0.1, 0.15) is 6.04 Å². The van der Waals surface area contributed by atoms with Gasteiger partial charge in [0.25, 0.3) is 11.8 Å². The van der Waals surface area contributed by atoms with E-state index in [2.05, 4.69) is 36.1 Å². The van der Waals surface area contributed by atoms with Crippen molar-refractivity contribution in [3.8, 4) is 5.69 Å². The molecule has 180 valence electrons. The zero-order valence-electron chi connectivity index (χ0n) is 18.8. The third-order valence-corrected chi connectivity index (χ3v) is 6.33. The number of pyridine rings is 1. The summed E-state index contributed by atoms with van der Waals surface area (Å²) in [5, 5.41) is 20.9. The van der Waals surface area contributed by atoms with Crippen molar-refractivity contribution >= 4 is 34.7 Å². The maximum Gasteiger partial charge on any atom is 0.273 e. The summed E-state index contributed by atoms with van der Waals surface area (Å²) < 4.78 is 1.45. The number of amides is 4. The Hall–Kier alpha value is -4.94. The van der Waals surface area contributed by atoms with Gasteiger partial charge in [-0.15, -0.1) is 5.10 Å². The molecular formula is C23H19N9O4. The number of piperidine rings is 1. The van der Waals surface area contributed by atoms with Gasteiger partial charge in [0.05, 0.1) is 24.1 Å². The van der Waals surface area contributed by atoms with Gasteiger partial charge in [0, 0.05) is 30.1 Å². The van der Waals surface area contributed by atoms with Crippen molar-refractivity contribution in [3.05, 3.63) is 65.2 Å². The van der Waals surface area contributed by atoms with Crippen LogP contribution in [0, 0.1) is 0 Å². The quantitative estimate of drug-likeness (QED) is 0.338. The average Bonchev–Trinajstić information content (AvgIpc) is 3.60. The van der Waals surface area contributed by atoms with Crippen LogP contribution in [0.15, 0.2) is 42.7 Å². The van der Waals surface area contributed by atoms with Gasteiger partial charge in [0.15, 0.2) is 11.3 Å². The number of nitrogens with zero attached hydrogens (tertiary/aromatic N) is 6. The lowest BCUT2D eigenvalue weighted by atomic mass is 10.0. The first-order chi connectivity index (χ1) is 17.5. The minimum absolute atomic E-state index is 0.124. The number of nitrogens with one attached hydrogen (secondary N) is 3. The summed E-state index contributed by atoms with van der Waals surface area (Å²) in [6.07, 6.45) is 3.63. The highest BCUT2D eigenvalue weighted by Gasteiger charge is 2.39. The van der Waals surface area contributed by atoms with Gasteiger partial charge in [-0.25, -0.2) is 9.67 Å². The fourth-order valence-electron chi connectivity index (χ4n) is 4.49. The highest BCUT2D eigenvalue weighted by atomic mass is 16.2. The van der Waals surface area contributed by atoms with Crippen molar-refractivity contribution in [3.63, 3.8) is 0 Å². The van der Waals surface area contributed by atoms with E-state index in [1.165, 1.54) is 15.8 Å². The Morgan fingerprint density at radius 2 is 2.08 bits per heavy atom. The number of aromatic amines is 1. The minimum atomic E-state index is -0.685. The topological polar surface area (TPSA) is 168 Å². The Bertz CT molecular complexity index is 1560. The third kappa shape index (κ3) is 3.66. The molecule has 4 amide bonds. The summed E-state index contributed by atoms with van der Waals surface area (Å²) >= 11 is 0. The lowest BCUT2D eigenvalue weighted by Gasteiger charge is -2.29. The Labute approximate surface area is 202 Å². The summed E-state index contributed by atoms with van der Waals surface area (Å²) in [5.41, 5.74) is 3.25. The average molecular weight is 485 g/mol. The van der Waals surface area contributed by atoms with Crippen molar-refractivity contribution in [2.75, 3.05) is 0 Å². The molecule has 1 atom stereocenters. The molecule has 0 radical (unpaired) electrons. The van der Waals surface area contributed by atoms with Gasteiger partial charge in [-0.05, 0) is 42.3 Å². The van der Waals surface area contributed by atoms with Crippen LogP contribution >= 0.6 is 0 Å². The Morgan fingerprint density at radius 1 is 1.19 bits per heavy atom. The van der Waals surface area contributed by atoms with E-state index >= 15 is 0 Å². The van der Waals surface area contributed by atoms with Crippen LogP contribution in [-0.2, 0) is 22.7 Å². The predicted octanol–water partition coefficient (Wildman–Crippen LogP) is 0.230. The van der Waals surface area contributed by atoms with Crippen LogP contribution in [0.25, 0.3) is 16.7 Å². The van der Waals surface area contributed by atoms with E-state index in [1.807, 2.05) is 6.07 Å². The zero-order chi connectivity index (χ0) is 24.8. The highest BCUT2D eigenvalue weighted by molar-refractivity contribution is 6.05. The number of hydrogen-bond donors (Lipinski definition) is 3. The summed E-state index contributed by atoms with van der Waals surface area (Å²) in [4.78, 5) is 54.8. The first-order valence-corrected chi connectivity index (χ1v) is 11.2. The summed E-state index contributed by atoms with van der Waals surface area (Å²) in [5.74, 6) is -1.46. The van der Waals surface area contributed by atoms with Crippen LogP contribution in [0.3, 0.4) is 0 Å². The SMILES string of the molecule is O=C1CCC(N2Cc3cc(-n4cc(C(=O)NCc5[nH]nc6ncccc56)nn4)ccc3C2=O)C(=O)N1. The summed E-state index contributed by atoms with van der Waals surface area (Å²) in [6, 6.07) is 8.12. The summed E-state index contributed by atoms with van der Waals surface area (Å²) in [6.45, 7) is 0.453. The van der Waals surface area contributed by atoms with E-state index in [9.17, 15) is 19.2 Å².